The molecule has 24 heavy (non-hydrogen) atoms. The first-order chi connectivity index (χ1) is 11.7. The highest BCUT2D eigenvalue weighted by atomic mass is 16.2. The van der Waals surface area contributed by atoms with Crippen LogP contribution >= 0.6 is 0 Å². The van der Waals surface area contributed by atoms with Crippen molar-refractivity contribution >= 4 is 17.5 Å². The van der Waals surface area contributed by atoms with Crippen LogP contribution in [0, 0.1) is 5.92 Å². The second kappa shape index (κ2) is 8.24. The van der Waals surface area contributed by atoms with Crippen molar-refractivity contribution in [2.45, 2.75) is 44.6 Å². The molecule has 0 bridgehead atoms. The molecule has 1 aliphatic heterocycles. The SMILES string of the molecule is O=C(CNC(=O)C1CCN(C2CCCCC2)C1)Nc1cccnc1. The molecule has 1 saturated heterocycles. The zero-order valence-electron chi connectivity index (χ0n) is 14.0. The van der Waals surface area contributed by atoms with E-state index < -0.39 is 0 Å². The number of carbonyl (C=O) groups excluding carboxylic acids is 2. The van der Waals surface area contributed by atoms with E-state index in [0.29, 0.717) is 11.7 Å². The Morgan fingerprint density at radius 3 is 2.79 bits per heavy atom. The van der Waals surface area contributed by atoms with Crippen molar-refractivity contribution in [2.75, 3.05) is 25.0 Å². The summed E-state index contributed by atoms with van der Waals surface area (Å²) in [6.45, 7) is 1.85. The molecule has 2 fully saturated rings. The van der Waals surface area contributed by atoms with E-state index in [1.54, 1.807) is 24.5 Å². The van der Waals surface area contributed by atoms with Gasteiger partial charge in [0.05, 0.1) is 24.3 Å². The van der Waals surface area contributed by atoms with Crippen molar-refractivity contribution in [2.24, 2.45) is 5.92 Å². The van der Waals surface area contributed by atoms with Crippen LogP contribution in [0.3, 0.4) is 0 Å². The predicted molar refractivity (Wildman–Crippen MR) is 92.4 cm³/mol. The van der Waals surface area contributed by atoms with Gasteiger partial charge in [0.25, 0.3) is 0 Å². The Balaban J connectivity index is 1.40. The van der Waals surface area contributed by atoms with E-state index in [0.717, 1.165) is 19.5 Å². The average Bonchev–Trinajstić information content (AvgIpc) is 3.11. The van der Waals surface area contributed by atoms with Crippen molar-refractivity contribution in [1.29, 1.82) is 0 Å². The summed E-state index contributed by atoms with van der Waals surface area (Å²) in [5.41, 5.74) is 0.640. The van der Waals surface area contributed by atoms with Gasteiger partial charge in [-0.05, 0) is 37.9 Å². The number of likely N-dealkylation sites (tertiary alicyclic amines) is 1. The van der Waals surface area contributed by atoms with E-state index in [4.69, 9.17) is 0 Å². The van der Waals surface area contributed by atoms with Crippen molar-refractivity contribution in [3.8, 4) is 0 Å². The third-order valence-corrected chi connectivity index (χ3v) is 5.05. The van der Waals surface area contributed by atoms with Crippen LogP contribution in [0.5, 0.6) is 0 Å². The van der Waals surface area contributed by atoms with Gasteiger partial charge in [-0.3, -0.25) is 19.5 Å². The highest BCUT2D eigenvalue weighted by Gasteiger charge is 2.32. The number of nitrogens with one attached hydrogen (secondary N) is 2. The lowest BCUT2D eigenvalue weighted by Gasteiger charge is -2.30. The standard InChI is InChI=1S/C18H26N4O2/c23-17(21-15-5-4-9-19-11-15)12-20-18(24)14-8-10-22(13-14)16-6-2-1-3-7-16/h4-5,9,11,14,16H,1-3,6-8,10,12-13H2,(H,20,24)(H,21,23). The summed E-state index contributed by atoms with van der Waals surface area (Å²) in [5, 5.41) is 5.49. The summed E-state index contributed by atoms with van der Waals surface area (Å²) < 4.78 is 0. The number of carbonyl (C=O) groups is 2. The number of hydrogen-bond acceptors (Lipinski definition) is 4. The van der Waals surface area contributed by atoms with Gasteiger partial charge in [-0.1, -0.05) is 19.3 Å². The van der Waals surface area contributed by atoms with Crippen molar-refractivity contribution < 1.29 is 9.59 Å². The highest BCUT2D eigenvalue weighted by Crippen LogP contribution is 2.27. The predicted octanol–water partition coefficient (Wildman–Crippen LogP) is 1.79. The minimum Gasteiger partial charge on any atom is -0.347 e. The maximum absolute atomic E-state index is 12.3. The van der Waals surface area contributed by atoms with Crippen LogP contribution in [0.2, 0.25) is 0 Å². The smallest absolute Gasteiger partial charge is 0.243 e. The fourth-order valence-corrected chi connectivity index (χ4v) is 3.73. The van der Waals surface area contributed by atoms with Gasteiger partial charge in [0.15, 0.2) is 0 Å². The number of anilines is 1. The minimum atomic E-state index is -0.224. The van der Waals surface area contributed by atoms with Crippen LogP contribution in [0.15, 0.2) is 24.5 Å². The largest absolute Gasteiger partial charge is 0.347 e. The third kappa shape index (κ3) is 4.54. The Bertz CT molecular complexity index is 557. The van der Waals surface area contributed by atoms with Gasteiger partial charge in [-0.25, -0.2) is 0 Å². The van der Waals surface area contributed by atoms with Crippen LogP contribution in [0.1, 0.15) is 38.5 Å². The molecule has 130 valence electrons. The zero-order valence-corrected chi connectivity index (χ0v) is 14.0. The number of nitrogens with zero attached hydrogens (tertiary/aromatic N) is 2. The first kappa shape index (κ1) is 16.9. The summed E-state index contributed by atoms with van der Waals surface area (Å²) >= 11 is 0. The monoisotopic (exact) mass is 330 g/mol. The molecule has 2 heterocycles. The van der Waals surface area contributed by atoms with E-state index in [-0.39, 0.29) is 24.3 Å². The maximum atomic E-state index is 12.3. The second-order valence-corrected chi connectivity index (χ2v) is 6.78. The Labute approximate surface area is 143 Å². The lowest BCUT2D eigenvalue weighted by Crippen LogP contribution is -2.39. The molecule has 1 aliphatic carbocycles. The molecule has 1 unspecified atom stereocenters. The number of rotatable bonds is 5. The summed E-state index contributed by atoms with van der Waals surface area (Å²) in [6.07, 6.45) is 10.6. The quantitative estimate of drug-likeness (QED) is 0.863. The van der Waals surface area contributed by atoms with Gasteiger partial charge in [-0.15, -0.1) is 0 Å². The molecule has 0 spiro atoms. The van der Waals surface area contributed by atoms with Gasteiger partial charge in [-0.2, -0.15) is 0 Å². The first-order valence-corrected chi connectivity index (χ1v) is 8.94. The molecule has 1 aromatic heterocycles. The molecule has 0 radical (unpaired) electrons. The van der Waals surface area contributed by atoms with Gasteiger partial charge < -0.3 is 10.6 Å². The van der Waals surface area contributed by atoms with E-state index in [2.05, 4.69) is 20.5 Å². The molecule has 3 rings (SSSR count). The van der Waals surface area contributed by atoms with Crippen LogP contribution < -0.4 is 10.6 Å². The van der Waals surface area contributed by atoms with E-state index in [1.807, 2.05) is 0 Å². The Morgan fingerprint density at radius 1 is 1.21 bits per heavy atom. The Morgan fingerprint density at radius 2 is 2.04 bits per heavy atom. The molecule has 0 aromatic carbocycles. The van der Waals surface area contributed by atoms with Gasteiger partial charge in [0.2, 0.25) is 11.8 Å². The molecule has 1 atom stereocenters. The maximum Gasteiger partial charge on any atom is 0.243 e. The third-order valence-electron chi connectivity index (χ3n) is 5.05. The van der Waals surface area contributed by atoms with Crippen LogP contribution in [0.4, 0.5) is 5.69 Å². The molecule has 2 amide bonds. The van der Waals surface area contributed by atoms with Crippen LogP contribution in [-0.4, -0.2) is 47.4 Å². The molecular formula is C18H26N4O2. The molecule has 6 heteroatoms. The fraction of sp³-hybridized carbons (Fsp3) is 0.611. The molecule has 2 N–H and O–H groups in total. The van der Waals surface area contributed by atoms with E-state index >= 15 is 0 Å². The first-order valence-electron chi connectivity index (χ1n) is 8.94. The Kier molecular flexibility index (Phi) is 5.80. The van der Waals surface area contributed by atoms with Crippen molar-refractivity contribution in [3.63, 3.8) is 0 Å². The molecule has 6 nitrogen and oxygen atoms in total. The van der Waals surface area contributed by atoms with Crippen LogP contribution in [-0.2, 0) is 9.59 Å². The summed E-state index contributed by atoms with van der Waals surface area (Å²) in [4.78, 5) is 30.6. The number of hydrogen-bond donors (Lipinski definition) is 2. The summed E-state index contributed by atoms with van der Waals surface area (Å²) in [6, 6.07) is 4.18. The molecule has 1 aromatic rings. The summed E-state index contributed by atoms with van der Waals surface area (Å²) in [7, 11) is 0. The topological polar surface area (TPSA) is 74.3 Å². The lowest BCUT2D eigenvalue weighted by molar-refractivity contribution is -0.127. The number of amides is 2. The Hall–Kier alpha value is -1.95. The van der Waals surface area contributed by atoms with Gasteiger partial charge >= 0.3 is 0 Å². The van der Waals surface area contributed by atoms with Gasteiger partial charge in [0, 0.05) is 18.8 Å². The van der Waals surface area contributed by atoms with Gasteiger partial charge in [0.1, 0.15) is 0 Å². The normalized spacial score (nSPS) is 22.2. The number of pyridine rings is 1. The second-order valence-electron chi connectivity index (χ2n) is 6.78. The molecular weight excluding hydrogens is 304 g/mol. The highest BCUT2D eigenvalue weighted by molar-refractivity contribution is 5.94. The minimum absolute atomic E-state index is 0.00496. The zero-order chi connectivity index (χ0) is 16.8. The van der Waals surface area contributed by atoms with Crippen molar-refractivity contribution in [1.82, 2.24) is 15.2 Å². The molecule has 1 saturated carbocycles. The van der Waals surface area contributed by atoms with E-state index in [9.17, 15) is 9.59 Å². The number of aromatic nitrogens is 1. The van der Waals surface area contributed by atoms with E-state index in [1.165, 1.54) is 32.1 Å². The molecule has 2 aliphatic rings. The summed E-state index contributed by atoms with van der Waals surface area (Å²) in [5.74, 6) is -0.216. The lowest BCUT2D eigenvalue weighted by atomic mass is 9.94. The average molecular weight is 330 g/mol. The van der Waals surface area contributed by atoms with Crippen molar-refractivity contribution in [3.05, 3.63) is 24.5 Å². The van der Waals surface area contributed by atoms with Crippen LogP contribution in [0.25, 0.3) is 0 Å². The fourth-order valence-electron chi connectivity index (χ4n) is 3.73.